The van der Waals surface area contributed by atoms with Crippen molar-refractivity contribution in [2.75, 3.05) is 0 Å². The first kappa shape index (κ1) is 12.2. The molecule has 100 valence electrons. The van der Waals surface area contributed by atoms with Gasteiger partial charge in [0, 0.05) is 17.6 Å². The molecule has 1 aliphatic rings. The van der Waals surface area contributed by atoms with Crippen LogP contribution >= 0.6 is 0 Å². The number of urea groups is 1. The SMILES string of the molecule is Cc1ccc(-n2cccc2/C=C2/NC(=O)NC2=O)cc1. The first-order valence-corrected chi connectivity index (χ1v) is 6.22. The number of nitrogens with zero attached hydrogens (tertiary/aromatic N) is 1. The highest BCUT2D eigenvalue weighted by Gasteiger charge is 2.23. The molecule has 1 aliphatic heterocycles. The van der Waals surface area contributed by atoms with Crippen molar-refractivity contribution in [1.29, 1.82) is 0 Å². The minimum Gasteiger partial charge on any atom is -0.317 e. The van der Waals surface area contributed by atoms with E-state index in [1.165, 1.54) is 5.56 Å². The van der Waals surface area contributed by atoms with Crippen molar-refractivity contribution in [3.8, 4) is 5.69 Å². The van der Waals surface area contributed by atoms with Gasteiger partial charge in [-0.15, -0.1) is 0 Å². The monoisotopic (exact) mass is 267 g/mol. The van der Waals surface area contributed by atoms with Crippen LogP contribution < -0.4 is 10.6 Å². The fourth-order valence-corrected chi connectivity index (χ4v) is 2.08. The lowest BCUT2D eigenvalue weighted by molar-refractivity contribution is -0.115. The maximum atomic E-state index is 11.5. The molecule has 1 aromatic carbocycles. The zero-order valence-corrected chi connectivity index (χ0v) is 10.9. The summed E-state index contributed by atoms with van der Waals surface area (Å²) in [6, 6.07) is 11.3. The van der Waals surface area contributed by atoms with Crippen LogP contribution in [0, 0.1) is 6.92 Å². The Kier molecular flexibility index (Phi) is 2.87. The molecule has 2 N–H and O–H groups in total. The van der Waals surface area contributed by atoms with Gasteiger partial charge in [0.05, 0.1) is 0 Å². The van der Waals surface area contributed by atoms with Crippen LogP contribution in [0.5, 0.6) is 0 Å². The lowest BCUT2D eigenvalue weighted by Gasteiger charge is -2.07. The molecule has 3 rings (SSSR count). The van der Waals surface area contributed by atoms with Crippen molar-refractivity contribution in [3.63, 3.8) is 0 Å². The predicted octanol–water partition coefficient (Wildman–Crippen LogP) is 1.97. The minimum atomic E-state index is -0.491. The van der Waals surface area contributed by atoms with E-state index in [2.05, 4.69) is 10.6 Å². The Labute approximate surface area is 115 Å². The van der Waals surface area contributed by atoms with E-state index in [0.717, 1.165) is 11.4 Å². The van der Waals surface area contributed by atoms with Crippen molar-refractivity contribution in [2.24, 2.45) is 0 Å². The van der Waals surface area contributed by atoms with Gasteiger partial charge in [-0.25, -0.2) is 4.79 Å². The summed E-state index contributed by atoms with van der Waals surface area (Å²) in [6.45, 7) is 2.03. The fraction of sp³-hybridized carbons (Fsp3) is 0.0667. The second-order valence-corrected chi connectivity index (χ2v) is 4.60. The summed E-state index contributed by atoms with van der Waals surface area (Å²) < 4.78 is 1.95. The van der Waals surface area contributed by atoms with E-state index in [0.29, 0.717) is 0 Å². The smallest absolute Gasteiger partial charge is 0.317 e. The normalized spacial score (nSPS) is 16.4. The first-order chi connectivity index (χ1) is 9.63. The summed E-state index contributed by atoms with van der Waals surface area (Å²) in [4.78, 5) is 22.6. The highest BCUT2D eigenvalue weighted by molar-refractivity contribution is 6.13. The lowest BCUT2D eigenvalue weighted by atomic mass is 10.2. The third kappa shape index (κ3) is 2.21. The third-order valence-corrected chi connectivity index (χ3v) is 3.10. The van der Waals surface area contributed by atoms with Crippen molar-refractivity contribution in [3.05, 3.63) is 59.5 Å². The van der Waals surface area contributed by atoms with Gasteiger partial charge in [-0.3, -0.25) is 10.1 Å². The number of carbonyl (C=O) groups excluding carboxylic acids is 2. The summed E-state index contributed by atoms with van der Waals surface area (Å²) in [5.41, 5.74) is 3.25. The number of aromatic nitrogens is 1. The summed E-state index contributed by atoms with van der Waals surface area (Å²) >= 11 is 0. The van der Waals surface area contributed by atoms with Crippen LogP contribution in [0.2, 0.25) is 0 Å². The Bertz CT molecular complexity index is 711. The minimum absolute atomic E-state index is 0.252. The van der Waals surface area contributed by atoms with E-state index < -0.39 is 11.9 Å². The third-order valence-electron chi connectivity index (χ3n) is 3.10. The number of hydrogen-bond acceptors (Lipinski definition) is 2. The van der Waals surface area contributed by atoms with Crippen molar-refractivity contribution >= 4 is 18.0 Å². The highest BCUT2D eigenvalue weighted by atomic mass is 16.2. The molecule has 1 aromatic heterocycles. The number of imide groups is 1. The zero-order chi connectivity index (χ0) is 14.1. The fourth-order valence-electron chi connectivity index (χ4n) is 2.08. The topological polar surface area (TPSA) is 63.1 Å². The standard InChI is InChI=1S/C15H13N3O2/c1-10-4-6-11(7-5-10)18-8-2-3-12(18)9-13-14(19)17-15(20)16-13/h2-9H,1H3,(H2,16,17,19,20)/b13-9+. The van der Waals surface area contributed by atoms with Crippen LogP contribution in [-0.2, 0) is 4.79 Å². The average molecular weight is 267 g/mol. The molecule has 0 atom stereocenters. The average Bonchev–Trinajstić information content (AvgIpc) is 2.98. The zero-order valence-electron chi connectivity index (χ0n) is 10.9. The number of nitrogens with one attached hydrogen (secondary N) is 2. The van der Waals surface area contributed by atoms with Crippen LogP contribution in [0.15, 0.2) is 48.3 Å². The van der Waals surface area contributed by atoms with Gasteiger partial charge >= 0.3 is 6.03 Å². The molecule has 5 heteroatoms. The van der Waals surface area contributed by atoms with E-state index in [-0.39, 0.29) is 5.70 Å². The Morgan fingerprint density at radius 2 is 1.80 bits per heavy atom. The van der Waals surface area contributed by atoms with Crippen molar-refractivity contribution < 1.29 is 9.59 Å². The second kappa shape index (κ2) is 4.70. The van der Waals surface area contributed by atoms with Gasteiger partial charge in [0.1, 0.15) is 5.70 Å². The largest absolute Gasteiger partial charge is 0.326 e. The Morgan fingerprint density at radius 3 is 2.45 bits per heavy atom. The molecule has 0 saturated carbocycles. The van der Waals surface area contributed by atoms with Crippen LogP contribution in [0.4, 0.5) is 4.79 Å². The number of amides is 3. The maximum absolute atomic E-state index is 11.5. The highest BCUT2D eigenvalue weighted by Crippen LogP contribution is 2.16. The Hall–Kier alpha value is -2.82. The van der Waals surface area contributed by atoms with Gasteiger partial charge in [0.25, 0.3) is 5.91 Å². The van der Waals surface area contributed by atoms with E-state index in [1.54, 1.807) is 6.08 Å². The Morgan fingerprint density at radius 1 is 1.05 bits per heavy atom. The number of aryl methyl sites for hydroxylation is 1. The number of rotatable bonds is 2. The van der Waals surface area contributed by atoms with E-state index >= 15 is 0 Å². The van der Waals surface area contributed by atoms with Crippen molar-refractivity contribution in [1.82, 2.24) is 15.2 Å². The van der Waals surface area contributed by atoms with Crippen molar-refractivity contribution in [2.45, 2.75) is 6.92 Å². The summed E-state index contributed by atoms with van der Waals surface area (Å²) in [5, 5.41) is 4.66. The van der Waals surface area contributed by atoms with Gasteiger partial charge in [0.15, 0.2) is 0 Å². The quantitative estimate of drug-likeness (QED) is 0.645. The summed E-state index contributed by atoms with van der Waals surface area (Å²) in [6.07, 6.45) is 3.56. The molecule has 2 aromatic rings. The van der Waals surface area contributed by atoms with Crippen LogP contribution in [-0.4, -0.2) is 16.5 Å². The molecule has 5 nitrogen and oxygen atoms in total. The number of benzene rings is 1. The molecule has 3 amide bonds. The molecule has 0 spiro atoms. The molecule has 20 heavy (non-hydrogen) atoms. The van der Waals surface area contributed by atoms with Gasteiger partial charge in [-0.05, 0) is 37.3 Å². The van der Waals surface area contributed by atoms with Gasteiger partial charge in [-0.1, -0.05) is 17.7 Å². The molecule has 0 radical (unpaired) electrons. The predicted molar refractivity (Wildman–Crippen MR) is 75.2 cm³/mol. The van der Waals surface area contributed by atoms with Gasteiger partial charge in [-0.2, -0.15) is 0 Å². The molecular weight excluding hydrogens is 254 g/mol. The summed E-state index contributed by atoms with van der Waals surface area (Å²) in [7, 11) is 0. The molecule has 0 bridgehead atoms. The van der Waals surface area contributed by atoms with Crippen LogP contribution in [0.1, 0.15) is 11.3 Å². The number of carbonyl (C=O) groups is 2. The van der Waals surface area contributed by atoms with E-state index in [1.807, 2.05) is 54.1 Å². The van der Waals surface area contributed by atoms with E-state index in [4.69, 9.17) is 0 Å². The summed E-state index contributed by atoms with van der Waals surface area (Å²) in [5.74, 6) is -0.411. The molecule has 0 aliphatic carbocycles. The maximum Gasteiger partial charge on any atom is 0.326 e. The molecule has 0 unspecified atom stereocenters. The van der Waals surface area contributed by atoms with Crippen LogP contribution in [0.25, 0.3) is 11.8 Å². The number of hydrogen-bond donors (Lipinski definition) is 2. The van der Waals surface area contributed by atoms with Gasteiger partial charge in [0.2, 0.25) is 0 Å². The molecule has 1 saturated heterocycles. The molecule has 1 fully saturated rings. The lowest BCUT2D eigenvalue weighted by Crippen LogP contribution is -2.22. The van der Waals surface area contributed by atoms with Gasteiger partial charge < -0.3 is 9.88 Å². The van der Waals surface area contributed by atoms with E-state index in [9.17, 15) is 9.59 Å². The Balaban J connectivity index is 1.99. The molecular formula is C15H13N3O2. The van der Waals surface area contributed by atoms with Crippen LogP contribution in [0.3, 0.4) is 0 Å². The molecule has 2 heterocycles. The first-order valence-electron chi connectivity index (χ1n) is 6.22. The second-order valence-electron chi connectivity index (χ2n) is 4.60.